The molecule has 0 saturated heterocycles. The minimum absolute atomic E-state index is 0. The van der Waals surface area contributed by atoms with E-state index in [1.165, 1.54) is 42.1 Å². The third kappa shape index (κ3) is 15.0. The van der Waals surface area contributed by atoms with E-state index >= 15 is 0 Å². The molecule has 0 radical (unpaired) electrons. The maximum absolute atomic E-state index is 7.50. The molecule has 0 amide bonds. The molecule has 31 heavy (non-hydrogen) atoms. The summed E-state index contributed by atoms with van der Waals surface area (Å²) in [5.74, 6) is 4.22. The fraction of sp³-hybridized carbons (Fsp3) is 0.455. The van der Waals surface area contributed by atoms with Crippen LogP contribution in [0.3, 0.4) is 0 Å². The molecule has 5 nitrogen and oxygen atoms in total. The average molecular weight is 648 g/mol. The second-order valence-electron chi connectivity index (χ2n) is 5.57. The van der Waals surface area contributed by atoms with E-state index in [9.17, 15) is 0 Å². The summed E-state index contributed by atoms with van der Waals surface area (Å²) in [6.07, 6.45) is 12.6. The minimum atomic E-state index is 0. The Labute approximate surface area is 214 Å². The van der Waals surface area contributed by atoms with Gasteiger partial charge in [-0.05, 0) is 48.2 Å². The van der Waals surface area contributed by atoms with Gasteiger partial charge in [0.25, 0.3) is 0 Å². The Morgan fingerprint density at radius 3 is 2.03 bits per heavy atom. The summed E-state index contributed by atoms with van der Waals surface area (Å²) in [6, 6.07) is 0. The number of fused-ring (bicyclic) bond motifs is 1. The summed E-state index contributed by atoms with van der Waals surface area (Å²) in [4.78, 5) is 2.76. The fourth-order valence-corrected chi connectivity index (χ4v) is 6.08. The van der Waals surface area contributed by atoms with E-state index in [0.29, 0.717) is 5.92 Å². The van der Waals surface area contributed by atoms with Gasteiger partial charge in [0.05, 0.1) is 0 Å². The van der Waals surface area contributed by atoms with Crippen molar-refractivity contribution in [3.63, 3.8) is 0 Å². The van der Waals surface area contributed by atoms with Crippen LogP contribution >= 0.6 is 35.7 Å². The first-order valence-electron chi connectivity index (χ1n) is 8.45. The zero-order valence-corrected chi connectivity index (χ0v) is 22.4. The Hall–Kier alpha value is -0.602. The van der Waals surface area contributed by atoms with Gasteiger partial charge >= 0.3 is 56.5 Å². The standard InChI is InChI=1S/C17H24S3.5CO.W/c1-3-8-17-9-5-7-14(17)15(13-16(17)18)20-12-6-11-19-10-4-2;5*1-2;/h3-4,13-14H,1-2,5-12H2;;;;;;/t14-,17-;;;;;;/m0....../s1. The molecule has 0 unspecified atom stereocenters. The zero-order chi connectivity index (χ0) is 24.4. The van der Waals surface area contributed by atoms with E-state index in [1.54, 1.807) is 4.91 Å². The van der Waals surface area contributed by atoms with Crippen LogP contribution < -0.4 is 0 Å². The monoisotopic (exact) mass is 648 g/mol. The van der Waals surface area contributed by atoms with Gasteiger partial charge < -0.3 is 0 Å². The molecular weight excluding hydrogens is 624 g/mol. The van der Waals surface area contributed by atoms with Crippen LogP contribution in [0.25, 0.3) is 0 Å². The maximum atomic E-state index is 7.50. The smallest absolute Gasteiger partial charge is 0 e. The van der Waals surface area contributed by atoms with E-state index in [2.05, 4.69) is 58.6 Å². The Kier molecular flexibility index (Phi) is 41.5. The molecule has 166 valence electrons. The minimum Gasteiger partial charge on any atom is 0 e. The van der Waals surface area contributed by atoms with Crippen molar-refractivity contribution in [3.05, 3.63) is 69.5 Å². The van der Waals surface area contributed by atoms with Gasteiger partial charge in [-0.15, -0.1) is 24.9 Å². The second-order valence-corrected chi connectivity index (χ2v) is 8.33. The molecule has 0 aromatic carbocycles. The number of thiocarbonyl (C=S) groups is 1. The molecule has 0 N–H and O–H groups in total. The largest absolute Gasteiger partial charge is 0 e. The van der Waals surface area contributed by atoms with Crippen molar-refractivity contribution in [2.45, 2.75) is 32.1 Å². The van der Waals surface area contributed by atoms with Gasteiger partial charge in [-0.2, -0.15) is 11.8 Å². The quantitative estimate of drug-likeness (QED) is 0.109. The molecule has 0 heterocycles. The van der Waals surface area contributed by atoms with Crippen molar-refractivity contribution in [1.82, 2.24) is 0 Å². The van der Waals surface area contributed by atoms with Crippen LogP contribution in [-0.4, -0.2) is 22.1 Å². The van der Waals surface area contributed by atoms with Crippen LogP contribution in [-0.2, 0) is 44.3 Å². The summed E-state index contributed by atoms with van der Waals surface area (Å²) >= 11 is 9.71. The first-order chi connectivity index (χ1) is 14.7. The molecule has 1 saturated carbocycles. The molecule has 9 heteroatoms. The van der Waals surface area contributed by atoms with Gasteiger partial charge in [-0.25, -0.2) is 0 Å². The fourth-order valence-electron chi connectivity index (χ4n) is 3.42. The summed E-state index contributed by atoms with van der Waals surface area (Å²) in [7, 11) is 0. The van der Waals surface area contributed by atoms with E-state index in [4.69, 9.17) is 35.5 Å². The Morgan fingerprint density at radius 1 is 1.00 bits per heavy atom. The summed E-state index contributed by atoms with van der Waals surface area (Å²) in [5.41, 5.74) is 0.261. The van der Waals surface area contributed by atoms with Crippen molar-refractivity contribution in [2.75, 3.05) is 17.3 Å². The number of hydrogen-bond donors (Lipinski definition) is 0. The summed E-state index contributed by atoms with van der Waals surface area (Å²) in [5, 5.41) is 0. The SMILES string of the molecule is C=CCSCCCSC1=CC(=S)[C@@]2(CC=C)CCC[C@@H]12.[C-]#[O+].[C-]#[O+].[C-]#[O+].[C-]#[O+].[C-]#[O+].[W]. The number of hydrogen-bond acceptors (Lipinski definition) is 3. The molecule has 0 spiro atoms. The first kappa shape index (κ1) is 40.7. The van der Waals surface area contributed by atoms with E-state index < -0.39 is 0 Å². The van der Waals surface area contributed by atoms with Gasteiger partial charge in [0.15, 0.2) is 0 Å². The molecular formula is C22H24O5S3W. The van der Waals surface area contributed by atoms with Gasteiger partial charge in [0, 0.05) is 43.0 Å². The topological polar surface area (TPSA) is 99.5 Å². The summed E-state index contributed by atoms with van der Waals surface area (Å²) < 4.78 is 37.5. The molecule has 0 aromatic rings. The molecule has 2 rings (SSSR count). The van der Waals surface area contributed by atoms with Crippen molar-refractivity contribution < 1.29 is 44.3 Å². The molecule has 2 aliphatic carbocycles. The maximum Gasteiger partial charge on any atom is 0 e. The Morgan fingerprint density at radius 2 is 1.55 bits per heavy atom. The van der Waals surface area contributed by atoms with Crippen LogP contribution in [0, 0.1) is 44.6 Å². The molecule has 0 bridgehead atoms. The number of rotatable bonds is 9. The van der Waals surface area contributed by atoms with Crippen LogP contribution in [0.5, 0.6) is 0 Å². The average Bonchev–Trinajstić information content (AvgIpc) is 3.36. The predicted molar refractivity (Wildman–Crippen MR) is 120 cm³/mol. The van der Waals surface area contributed by atoms with Crippen molar-refractivity contribution >= 4 is 40.6 Å². The van der Waals surface area contributed by atoms with Crippen LogP contribution in [0.15, 0.2) is 36.3 Å². The third-order valence-electron chi connectivity index (χ3n) is 4.34. The van der Waals surface area contributed by atoms with Crippen LogP contribution in [0.2, 0.25) is 0 Å². The third-order valence-corrected chi connectivity index (χ3v) is 7.14. The van der Waals surface area contributed by atoms with Crippen molar-refractivity contribution in [2.24, 2.45) is 11.3 Å². The first-order valence-corrected chi connectivity index (χ1v) is 11.0. The Bertz CT molecular complexity index is 588. The normalized spacial score (nSPS) is 18.6. The van der Waals surface area contributed by atoms with Crippen molar-refractivity contribution in [3.8, 4) is 0 Å². The number of thioether (sulfide) groups is 2. The predicted octanol–water partition coefficient (Wildman–Crippen LogP) is 5.47. The Balaban J connectivity index is -0.000000180. The molecule has 2 aliphatic rings. The molecule has 1 fully saturated rings. The van der Waals surface area contributed by atoms with Crippen LogP contribution in [0.4, 0.5) is 0 Å². The van der Waals surface area contributed by atoms with Gasteiger partial charge in [0.2, 0.25) is 0 Å². The summed E-state index contributed by atoms with van der Waals surface area (Å²) in [6.45, 7) is 30.2. The van der Waals surface area contributed by atoms with Gasteiger partial charge in [-0.3, -0.25) is 0 Å². The molecule has 2 atom stereocenters. The van der Waals surface area contributed by atoms with E-state index in [-0.39, 0.29) is 26.5 Å². The van der Waals surface area contributed by atoms with Gasteiger partial charge in [-0.1, -0.05) is 30.8 Å². The van der Waals surface area contributed by atoms with Gasteiger partial charge in [0.1, 0.15) is 0 Å². The zero-order valence-electron chi connectivity index (χ0n) is 17.1. The molecule has 0 aromatic heterocycles. The van der Waals surface area contributed by atoms with E-state index in [0.717, 1.165) is 12.2 Å². The number of allylic oxidation sites excluding steroid dienone is 3. The van der Waals surface area contributed by atoms with Crippen LogP contribution in [0.1, 0.15) is 32.1 Å². The van der Waals surface area contributed by atoms with Crippen molar-refractivity contribution in [1.29, 1.82) is 0 Å². The molecule has 0 aliphatic heterocycles. The van der Waals surface area contributed by atoms with E-state index in [1.807, 2.05) is 29.6 Å². The second kappa shape index (κ2) is 31.6.